The minimum atomic E-state index is 0.711. The second-order valence-corrected chi connectivity index (χ2v) is 6.19. The lowest BCUT2D eigenvalue weighted by atomic mass is 10.0. The minimum absolute atomic E-state index is 0.711. The topological polar surface area (TPSA) is 21.3 Å². The Morgan fingerprint density at radius 3 is 2.57 bits per heavy atom. The van der Waals surface area contributed by atoms with Gasteiger partial charge in [0.25, 0.3) is 0 Å². The maximum absolute atomic E-state index is 5.53. The van der Waals surface area contributed by atoms with Crippen molar-refractivity contribution in [1.82, 2.24) is 0 Å². The summed E-state index contributed by atoms with van der Waals surface area (Å²) in [6.07, 6.45) is 2.17. The fraction of sp³-hybridized carbons (Fsp3) is 0.368. The van der Waals surface area contributed by atoms with Gasteiger partial charge in [-0.3, -0.25) is 0 Å². The van der Waals surface area contributed by atoms with Crippen molar-refractivity contribution in [3.8, 4) is 5.75 Å². The summed E-state index contributed by atoms with van der Waals surface area (Å²) in [5.74, 6) is 1.75. The van der Waals surface area contributed by atoms with Gasteiger partial charge in [0.15, 0.2) is 0 Å². The molecule has 0 amide bonds. The first-order chi connectivity index (χ1) is 10.2. The molecule has 0 unspecified atom stereocenters. The van der Waals surface area contributed by atoms with E-state index in [1.165, 1.54) is 22.4 Å². The third-order valence-corrected chi connectivity index (χ3v) is 3.85. The third-order valence-electron chi connectivity index (χ3n) is 3.85. The van der Waals surface area contributed by atoms with Gasteiger partial charge in [-0.15, -0.1) is 0 Å². The van der Waals surface area contributed by atoms with Crippen LogP contribution in [-0.2, 0) is 19.4 Å². The second kappa shape index (κ2) is 6.21. The maximum Gasteiger partial charge on any atom is 0.122 e. The van der Waals surface area contributed by atoms with Gasteiger partial charge in [0, 0.05) is 18.7 Å². The average molecular weight is 281 g/mol. The van der Waals surface area contributed by atoms with Crippen molar-refractivity contribution in [3.05, 3.63) is 59.2 Å². The summed E-state index contributed by atoms with van der Waals surface area (Å²) in [5.41, 5.74) is 5.22. The molecule has 110 valence electrons. The maximum atomic E-state index is 5.53. The predicted octanol–water partition coefficient (Wildman–Crippen LogP) is 4.43. The number of anilines is 1. The average Bonchev–Trinajstić information content (AvgIpc) is 2.93. The molecule has 1 heterocycles. The lowest BCUT2D eigenvalue weighted by Gasteiger charge is -2.09. The van der Waals surface area contributed by atoms with Gasteiger partial charge in [0.05, 0.1) is 6.61 Å². The van der Waals surface area contributed by atoms with E-state index in [9.17, 15) is 0 Å². The molecule has 21 heavy (non-hydrogen) atoms. The van der Waals surface area contributed by atoms with Crippen LogP contribution in [0.2, 0.25) is 0 Å². The summed E-state index contributed by atoms with van der Waals surface area (Å²) in [7, 11) is 0. The summed E-state index contributed by atoms with van der Waals surface area (Å²) in [5, 5.41) is 3.50. The highest BCUT2D eigenvalue weighted by Gasteiger charge is 2.11. The quantitative estimate of drug-likeness (QED) is 0.875. The number of benzene rings is 2. The number of hydrogen-bond donors (Lipinski definition) is 1. The van der Waals surface area contributed by atoms with Crippen LogP contribution in [0, 0.1) is 5.92 Å². The van der Waals surface area contributed by atoms with E-state index in [-0.39, 0.29) is 0 Å². The first-order valence-electron chi connectivity index (χ1n) is 7.78. The van der Waals surface area contributed by atoms with Gasteiger partial charge in [-0.2, -0.15) is 0 Å². The van der Waals surface area contributed by atoms with Gasteiger partial charge >= 0.3 is 0 Å². The van der Waals surface area contributed by atoms with E-state index in [4.69, 9.17) is 4.74 Å². The number of hydrogen-bond acceptors (Lipinski definition) is 2. The zero-order valence-electron chi connectivity index (χ0n) is 12.9. The molecule has 0 aliphatic carbocycles. The molecule has 0 saturated carbocycles. The van der Waals surface area contributed by atoms with Crippen LogP contribution in [0.4, 0.5) is 5.69 Å². The van der Waals surface area contributed by atoms with Crippen LogP contribution in [0.25, 0.3) is 0 Å². The number of rotatable bonds is 5. The Balaban J connectivity index is 1.59. The molecule has 2 aromatic rings. The molecule has 1 aliphatic rings. The van der Waals surface area contributed by atoms with Gasteiger partial charge in [0.1, 0.15) is 5.75 Å². The molecule has 0 atom stereocenters. The zero-order chi connectivity index (χ0) is 14.7. The van der Waals surface area contributed by atoms with E-state index in [1.54, 1.807) is 0 Å². The van der Waals surface area contributed by atoms with Crippen molar-refractivity contribution >= 4 is 5.69 Å². The van der Waals surface area contributed by atoms with E-state index in [0.29, 0.717) is 5.92 Å². The summed E-state index contributed by atoms with van der Waals surface area (Å²) >= 11 is 0. The molecule has 1 aliphatic heterocycles. The van der Waals surface area contributed by atoms with Crippen LogP contribution in [-0.4, -0.2) is 6.61 Å². The van der Waals surface area contributed by atoms with E-state index in [2.05, 4.69) is 61.6 Å². The van der Waals surface area contributed by atoms with Crippen molar-refractivity contribution < 1.29 is 4.74 Å². The molecule has 3 rings (SSSR count). The van der Waals surface area contributed by atoms with Gasteiger partial charge in [-0.05, 0) is 47.2 Å². The van der Waals surface area contributed by atoms with E-state index >= 15 is 0 Å². The highest BCUT2D eigenvalue weighted by molar-refractivity contribution is 5.52. The molecule has 0 saturated heterocycles. The van der Waals surface area contributed by atoms with Gasteiger partial charge in [0.2, 0.25) is 0 Å². The summed E-state index contributed by atoms with van der Waals surface area (Å²) < 4.78 is 5.53. The number of nitrogens with one attached hydrogen (secondary N) is 1. The Bertz CT molecular complexity index is 601. The Hall–Kier alpha value is -1.96. The number of ether oxygens (including phenoxy) is 1. The monoisotopic (exact) mass is 281 g/mol. The van der Waals surface area contributed by atoms with Crippen LogP contribution < -0.4 is 10.1 Å². The van der Waals surface area contributed by atoms with Crippen LogP contribution in [0.3, 0.4) is 0 Å². The number of fused-ring (bicyclic) bond motifs is 1. The van der Waals surface area contributed by atoms with Gasteiger partial charge < -0.3 is 10.1 Å². The Kier molecular flexibility index (Phi) is 4.14. The smallest absolute Gasteiger partial charge is 0.122 e. The summed E-state index contributed by atoms with van der Waals surface area (Å²) in [4.78, 5) is 0. The molecule has 1 N–H and O–H groups in total. The van der Waals surface area contributed by atoms with Crippen LogP contribution in [0.1, 0.15) is 30.5 Å². The highest BCUT2D eigenvalue weighted by Crippen LogP contribution is 2.28. The first-order valence-corrected chi connectivity index (χ1v) is 7.78. The van der Waals surface area contributed by atoms with Gasteiger partial charge in [-0.25, -0.2) is 0 Å². The molecular formula is C19H23NO. The molecule has 2 aromatic carbocycles. The second-order valence-electron chi connectivity index (χ2n) is 6.19. The van der Waals surface area contributed by atoms with Crippen LogP contribution >= 0.6 is 0 Å². The lowest BCUT2D eigenvalue weighted by Crippen LogP contribution is -2.00. The molecular weight excluding hydrogens is 258 g/mol. The highest BCUT2D eigenvalue weighted by atomic mass is 16.5. The molecule has 2 nitrogen and oxygen atoms in total. The SMILES string of the molecule is CC(C)Cc1ccc(CNc2ccc3c(c2)CCO3)cc1. The normalized spacial score (nSPS) is 13.1. The van der Waals surface area contributed by atoms with E-state index < -0.39 is 0 Å². The van der Waals surface area contributed by atoms with Crippen molar-refractivity contribution in [2.24, 2.45) is 5.92 Å². The Labute approximate surface area is 127 Å². The first kappa shape index (κ1) is 14.0. The molecule has 0 spiro atoms. The third kappa shape index (κ3) is 3.57. The van der Waals surface area contributed by atoms with E-state index in [1.807, 2.05) is 0 Å². The predicted molar refractivity (Wildman–Crippen MR) is 88.0 cm³/mol. The summed E-state index contributed by atoms with van der Waals surface area (Å²) in [6.45, 7) is 6.19. The Morgan fingerprint density at radius 2 is 1.81 bits per heavy atom. The Morgan fingerprint density at radius 1 is 1.05 bits per heavy atom. The lowest BCUT2D eigenvalue weighted by molar-refractivity contribution is 0.357. The fourth-order valence-electron chi connectivity index (χ4n) is 2.77. The standard InChI is InChI=1S/C19H23NO/c1-14(2)11-15-3-5-16(6-4-15)13-20-18-7-8-19-17(12-18)9-10-21-19/h3-8,12,14,20H,9-11,13H2,1-2H3. The van der Waals surface area contributed by atoms with Crippen LogP contribution in [0.15, 0.2) is 42.5 Å². The molecule has 0 radical (unpaired) electrons. The molecule has 0 bridgehead atoms. The van der Waals surface area contributed by atoms with Crippen molar-refractivity contribution in [2.45, 2.75) is 33.2 Å². The zero-order valence-corrected chi connectivity index (χ0v) is 12.9. The van der Waals surface area contributed by atoms with Crippen molar-refractivity contribution in [2.75, 3.05) is 11.9 Å². The van der Waals surface area contributed by atoms with E-state index in [0.717, 1.165) is 31.7 Å². The van der Waals surface area contributed by atoms with Crippen molar-refractivity contribution in [3.63, 3.8) is 0 Å². The molecule has 0 fully saturated rings. The molecule has 0 aromatic heterocycles. The molecule has 2 heteroatoms. The fourth-order valence-corrected chi connectivity index (χ4v) is 2.77. The largest absolute Gasteiger partial charge is 0.493 e. The van der Waals surface area contributed by atoms with Crippen LogP contribution in [0.5, 0.6) is 5.75 Å². The van der Waals surface area contributed by atoms with Crippen molar-refractivity contribution in [1.29, 1.82) is 0 Å². The minimum Gasteiger partial charge on any atom is -0.493 e. The summed E-state index contributed by atoms with van der Waals surface area (Å²) in [6, 6.07) is 15.3. The van der Waals surface area contributed by atoms with Gasteiger partial charge in [-0.1, -0.05) is 38.1 Å².